The Bertz CT molecular complexity index is 690. The number of nitrogens with one attached hydrogen (secondary N) is 2. The smallest absolute Gasteiger partial charge is 0.254 e. The molecular formula is C13H11ClN4O2. The van der Waals surface area contributed by atoms with Gasteiger partial charge in [0.25, 0.3) is 5.91 Å². The van der Waals surface area contributed by atoms with E-state index < -0.39 is 0 Å². The number of hydrogen-bond donors (Lipinski definition) is 2. The molecule has 1 aliphatic rings. The summed E-state index contributed by atoms with van der Waals surface area (Å²) in [6.07, 6.45) is 1.47. The van der Waals surface area contributed by atoms with Crippen LogP contribution in [0.25, 0.3) is 0 Å². The van der Waals surface area contributed by atoms with Gasteiger partial charge in [-0.3, -0.25) is 4.79 Å². The predicted molar refractivity (Wildman–Crippen MR) is 74.5 cm³/mol. The molecule has 2 N–H and O–H groups in total. The normalized spacial score (nSPS) is 12.8. The fraction of sp³-hybridized carbons (Fsp3) is 0.154. The van der Waals surface area contributed by atoms with Crippen molar-refractivity contribution in [3.05, 3.63) is 40.8 Å². The number of benzene rings is 1. The van der Waals surface area contributed by atoms with Gasteiger partial charge in [0, 0.05) is 6.54 Å². The van der Waals surface area contributed by atoms with E-state index in [9.17, 15) is 4.79 Å². The van der Waals surface area contributed by atoms with Crippen molar-refractivity contribution in [3.63, 3.8) is 0 Å². The monoisotopic (exact) mass is 290 g/mol. The standard InChI is InChI=1S/C13H11ClN4O2/c1-20-9-6-16-13(14)18-11(9)17-8-4-2-3-7-5-15-12(19)10(7)8/h2-4,6H,5H2,1H3,(H,15,19)(H,16,17,18). The molecule has 2 heterocycles. The van der Waals surface area contributed by atoms with Gasteiger partial charge in [0.1, 0.15) is 0 Å². The lowest BCUT2D eigenvalue weighted by Crippen LogP contribution is -2.13. The first-order chi connectivity index (χ1) is 9.69. The van der Waals surface area contributed by atoms with Gasteiger partial charge in [-0.05, 0) is 23.2 Å². The molecule has 0 aliphatic carbocycles. The van der Waals surface area contributed by atoms with Crippen LogP contribution in [0.15, 0.2) is 24.4 Å². The van der Waals surface area contributed by atoms with E-state index in [0.717, 1.165) is 5.56 Å². The number of aromatic nitrogens is 2. The molecule has 0 saturated heterocycles. The number of hydrogen-bond acceptors (Lipinski definition) is 5. The molecule has 0 fully saturated rings. The van der Waals surface area contributed by atoms with Gasteiger partial charge in [0.2, 0.25) is 5.28 Å². The third kappa shape index (κ3) is 2.14. The second-order valence-electron chi connectivity index (χ2n) is 4.20. The Balaban J connectivity index is 2.03. The SMILES string of the molecule is COc1cnc(Cl)nc1Nc1cccc2c1C(=O)NC2. The van der Waals surface area contributed by atoms with E-state index in [-0.39, 0.29) is 11.2 Å². The highest BCUT2D eigenvalue weighted by molar-refractivity contribution is 6.28. The summed E-state index contributed by atoms with van der Waals surface area (Å²) in [7, 11) is 1.51. The van der Waals surface area contributed by atoms with Gasteiger partial charge in [-0.25, -0.2) is 4.98 Å². The van der Waals surface area contributed by atoms with Crippen molar-refractivity contribution < 1.29 is 9.53 Å². The largest absolute Gasteiger partial charge is 0.491 e. The van der Waals surface area contributed by atoms with Crippen LogP contribution in [-0.2, 0) is 6.54 Å². The summed E-state index contributed by atoms with van der Waals surface area (Å²) >= 11 is 5.79. The third-order valence-corrected chi connectivity index (χ3v) is 3.20. The van der Waals surface area contributed by atoms with Gasteiger partial charge in [-0.15, -0.1) is 0 Å². The maximum absolute atomic E-state index is 11.9. The van der Waals surface area contributed by atoms with Crippen molar-refractivity contribution in [2.75, 3.05) is 12.4 Å². The highest BCUT2D eigenvalue weighted by atomic mass is 35.5. The number of ether oxygens (including phenoxy) is 1. The molecule has 20 heavy (non-hydrogen) atoms. The molecule has 0 unspecified atom stereocenters. The molecule has 0 bridgehead atoms. The minimum absolute atomic E-state index is 0.102. The van der Waals surface area contributed by atoms with Gasteiger partial charge in [-0.2, -0.15) is 4.98 Å². The molecule has 102 valence electrons. The minimum atomic E-state index is -0.109. The number of methoxy groups -OCH3 is 1. The number of halogens is 1. The van der Waals surface area contributed by atoms with Gasteiger partial charge >= 0.3 is 0 Å². The molecule has 0 spiro atoms. The van der Waals surface area contributed by atoms with E-state index >= 15 is 0 Å². The number of rotatable bonds is 3. The molecule has 2 aromatic rings. The molecular weight excluding hydrogens is 280 g/mol. The van der Waals surface area contributed by atoms with Crippen molar-refractivity contribution in [1.29, 1.82) is 0 Å². The van der Waals surface area contributed by atoms with Gasteiger partial charge in [0.05, 0.1) is 24.6 Å². The number of carbonyl (C=O) groups is 1. The van der Waals surface area contributed by atoms with E-state index in [1.165, 1.54) is 13.3 Å². The summed E-state index contributed by atoms with van der Waals surface area (Å²) in [5.41, 5.74) is 2.22. The average Bonchev–Trinajstić information content (AvgIpc) is 2.82. The van der Waals surface area contributed by atoms with Gasteiger partial charge < -0.3 is 15.4 Å². The summed E-state index contributed by atoms with van der Waals surface area (Å²) < 4.78 is 5.17. The maximum Gasteiger partial charge on any atom is 0.254 e. The molecule has 0 saturated carbocycles. The number of fused-ring (bicyclic) bond motifs is 1. The topological polar surface area (TPSA) is 76.1 Å². The van der Waals surface area contributed by atoms with E-state index in [1.807, 2.05) is 12.1 Å². The first-order valence-corrected chi connectivity index (χ1v) is 6.30. The predicted octanol–water partition coefficient (Wildman–Crippen LogP) is 2.13. The Morgan fingerprint density at radius 1 is 1.45 bits per heavy atom. The molecule has 1 amide bonds. The lowest BCUT2D eigenvalue weighted by molar-refractivity contribution is 0.0966. The van der Waals surface area contributed by atoms with Crippen molar-refractivity contribution >= 4 is 29.0 Å². The van der Waals surface area contributed by atoms with Crippen LogP contribution in [0.4, 0.5) is 11.5 Å². The molecule has 1 aromatic carbocycles. The van der Waals surface area contributed by atoms with Crippen LogP contribution < -0.4 is 15.4 Å². The average molecular weight is 291 g/mol. The minimum Gasteiger partial charge on any atom is -0.491 e. The summed E-state index contributed by atoms with van der Waals surface area (Å²) in [4.78, 5) is 19.8. The van der Waals surface area contributed by atoms with Crippen molar-refractivity contribution in [1.82, 2.24) is 15.3 Å². The third-order valence-electron chi connectivity index (χ3n) is 3.02. The summed E-state index contributed by atoms with van der Waals surface area (Å²) in [6, 6.07) is 5.58. The Hall–Kier alpha value is -2.34. The number of carbonyl (C=O) groups excluding carboxylic acids is 1. The first kappa shape index (κ1) is 12.7. The highest BCUT2D eigenvalue weighted by Crippen LogP contribution is 2.30. The van der Waals surface area contributed by atoms with Crippen molar-refractivity contribution in [3.8, 4) is 5.75 Å². The molecule has 3 rings (SSSR count). The van der Waals surface area contributed by atoms with E-state index in [2.05, 4.69) is 20.6 Å². The number of anilines is 2. The Kier molecular flexibility index (Phi) is 3.15. The van der Waals surface area contributed by atoms with Crippen LogP contribution >= 0.6 is 11.6 Å². The number of nitrogens with zero attached hydrogens (tertiary/aromatic N) is 2. The van der Waals surface area contributed by atoms with E-state index in [0.29, 0.717) is 29.4 Å². The Morgan fingerprint density at radius 2 is 2.30 bits per heavy atom. The molecule has 1 aromatic heterocycles. The summed E-state index contributed by atoms with van der Waals surface area (Å²) in [5, 5.41) is 5.96. The first-order valence-electron chi connectivity index (χ1n) is 5.92. The van der Waals surface area contributed by atoms with Crippen LogP contribution in [0, 0.1) is 0 Å². The molecule has 1 aliphatic heterocycles. The van der Waals surface area contributed by atoms with E-state index in [4.69, 9.17) is 16.3 Å². The van der Waals surface area contributed by atoms with Crippen molar-refractivity contribution in [2.45, 2.75) is 6.54 Å². The van der Waals surface area contributed by atoms with Crippen LogP contribution in [0.2, 0.25) is 5.28 Å². The molecule has 0 radical (unpaired) electrons. The molecule has 6 nitrogen and oxygen atoms in total. The van der Waals surface area contributed by atoms with Gasteiger partial charge in [-0.1, -0.05) is 12.1 Å². The fourth-order valence-corrected chi connectivity index (χ4v) is 2.23. The molecule has 7 heteroatoms. The second-order valence-corrected chi connectivity index (χ2v) is 4.54. The van der Waals surface area contributed by atoms with Crippen LogP contribution in [0.1, 0.15) is 15.9 Å². The van der Waals surface area contributed by atoms with Crippen LogP contribution in [0.5, 0.6) is 5.75 Å². The Morgan fingerprint density at radius 3 is 3.10 bits per heavy atom. The zero-order valence-corrected chi connectivity index (χ0v) is 11.4. The molecule has 0 atom stereocenters. The second kappa shape index (κ2) is 4.97. The highest BCUT2D eigenvalue weighted by Gasteiger charge is 2.23. The lowest BCUT2D eigenvalue weighted by atomic mass is 10.1. The van der Waals surface area contributed by atoms with E-state index in [1.54, 1.807) is 6.07 Å². The Labute approximate surface area is 120 Å². The fourth-order valence-electron chi connectivity index (χ4n) is 2.10. The van der Waals surface area contributed by atoms with Gasteiger partial charge in [0.15, 0.2) is 11.6 Å². The lowest BCUT2D eigenvalue weighted by Gasteiger charge is -2.12. The zero-order valence-electron chi connectivity index (χ0n) is 10.6. The van der Waals surface area contributed by atoms with Crippen LogP contribution in [-0.4, -0.2) is 23.0 Å². The number of amides is 1. The quantitative estimate of drug-likeness (QED) is 0.847. The van der Waals surface area contributed by atoms with Crippen LogP contribution in [0.3, 0.4) is 0 Å². The zero-order chi connectivity index (χ0) is 14.1. The summed E-state index contributed by atoms with van der Waals surface area (Å²) in [6.45, 7) is 0.533. The maximum atomic E-state index is 11.9. The summed E-state index contributed by atoms with van der Waals surface area (Å²) in [5.74, 6) is 0.758. The van der Waals surface area contributed by atoms with Crippen molar-refractivity contribution in [2.24, 2.45) is 0 Å².